The van der Waals surface area contributed by atoms with Crippen LogP contribution in [0.5, 0.6) is 0 Å². The molecule has 0 rings (SSSR count). The first kappa shape index (κ1) is 10.5. The van der Waals surface area contributed by atoms with Crippen LogP contribution in [0.25, 0.3) is 0 Å². The minimum absolute atomic E-state index is 0.836. The van der Waals surface area contributed by atoms with E-state index in [1.807, 2.05) is 0 Å². The zero-order valence-corrected chi connectivity index (χ0v) is 7.38. The molecule has 0 atom stereocenters. The number of carbonyl (C=O) groups is 2. The van der Waals surface area contributed by atoms with E-state index < -0.39 is 18.9 Å². The van der Waals surface area contributed by atoms with Gasteiger partial charge in [0.25, 0.3) is 0 Å². The Morgan fingerprint density at radius 1 is 1.18 bits per heavy atom. The number of Topliss-reactive ketones (excluding diaryl/α,β-unsaturated/α-hetero) is 1. The standard InChI is InChI=1S/C5H9O5P/c1-4(6)5(7)11(8,9-2)10-3/h1-3H3. The van der Waals surface area contributed by atoms with Crippen LogP contribution in [0.1, 0.15) is 6.92 Å². The molecule has 0 aromatic heterocycles. The van der Waals surface area contributed by atoms with E-state index in [1.54, 1.807) is 0 Å². The molecule has 0 heterocycles. The summed E-state index contributed by atoms with van der Waals surface area (Å²) < 4.78 is 19.6. The number of ketones is 1. The molecule has 0 aliphatic rings. The molecule has 0 aromatic carbocycles. The quantitative estimate of drug-likeness (QED) is 0.467. The molecular formula is C5H9O5P. The van der Waals surface area contributed by atoms with Gasteiger partial charge in [-0.15, -0.1) is 0 Å². The first-order chi connectivity index (χ1) is 4.98. The summed E-state index contributed by atoms with van der Waals surface area (Å²) in [6.45, 7) is 1.01. The van der Waals surface area contributed by atoms with Crippen LogP contribution in [-0.4, -0.2) is 25.5 Å². The summed E-state index contributed by atoms with van der Waals surface area (Å²) in [4.78, 5) is 21.2. The lowest BCUT2D eigenvalue weighted by Crippen LogP contribution is -2.11. The Morgan fingerprint density at radius 3 is 1.64 bits per heavy atom. The molecule has 11 heavy (non-hydrogen) atoms. The molecule has 6 heteroatoms. The van der Waals surface area contributed by atoms with E-state index in [-0.39, 0.29) is 0 Å². The maximum Gasteiger partial charge on any atom is 0.404 e. The molecule has 0 radical (unpaired) electrons. The minimum Gasteiger partial charge on any atom is -0.306 e. The fourth-order valence-electron chi connectivity index (χ4n) is 0.433. The van der Waals surface area contributed by atoms with Gasteiger partial charge in [0.2, 0.25) is 5.78 Å². The van der Waals surface area contributed by atoms with Crippen LogP contribution in [0, 0.1) is 0 Å². The molecular weight excluding hydrogens is 171 g/mol. The van der Waals surface area contributed by atoms with E-state index in [0.717, 1.165) is 21.1 Å². The van der Waals surface area contributed by atoms with E-state index in [4.69, 9.17) is 0 Å². The zero-order valence-electron chi connectivity index (χ0n) is 6.49. The van der Waals surface area contributed by atoms with Crippen LogP contribution in [0.2, 0.25) is 0 Å². The predicted octanol–water partition coefficient (Wildman–Crippen LogP) is 0.588. The van der Waals surface area contributed by atoms with Crippen LogP contribution in [0.3, 0.4) is 0 Å². The maximum absolute atomic E-state index is 11.1. The fourth-order valence-corrected chi connectivity index (χ4v) is 1.30. The van der Waals surface area contributed by atoms with Crippen LogP contribution < -0.4 is 0 Å². The second-order valence-corrected chi connectivity index (χ2v) is 3.86. The van der Waals surface area contributed by atoms with E-state index >= 15 is 0 Å². The topological polar surface area (TPSA) is 69.7 Å². The Morgan fingerprint density at radius 2 is 1.55 bits per heavy atom. The largest absolute Gasteiger partial charge is 0.404 e. The highest BCUT2D eigenvalue weighted by atomic mass is 31.2. The second kappa shape index (κ2) is 3.76. The third kappa shape index (κ3) is 2.22. The summed E-state index contributed by atoms with van der Waals surface area (Å²) in [7, 11) is -1.72. The highest BCUT2D eigenvalue weighted by molar-refractivity contribution is 7.74. The van der Waals surface area contributed by atoms with Gasteiger partial charge in [0.15, 0.2) is 0 Å². The molecule has 0 fully saturated rings. The van der Waals surface area contributed by atoms with E-state index in [1.165, 1.54) is 0 Å². The normalized spacial score (nSPS) is 11.2. The van der Waals surface area contributed by atoms with Crippen LogP contribution >= 0.6 is 7.60 Å². The van der Waals surface area contributed by atoms with Crippen molar-refractivity contribution in [2.45, 2.75) is 6.92 Å². The van der Waals surface area contributed by atoms with E-state index in [2.05, 4.69) is 9.05 Å². The third-order valence-electron chi connectivity index (χ3n) is 1.03. The maximum atomic E-state index is 11.1. The van der Waals surface area contributed by atoms with Crippen molar-refractivity contribution in [3.05, 3.63) is 0 Å². The van der Waals surface area contributed by atoms with Crippen molar-refractivity contribution in [1.29, 1.82) is 0 Å². The summed E-state index contributed by atoms with van der Waals surface area (Å²) in [5.74, 6) is -0.836. The van der Waals surface area contributed by atoms with Gasteiger partial charge in [-0.3, -0.25) is 14.2 Å². The summed E-state index contributed by atoms with van der Waals surface area (Å²) in [5.41, 5.74) is -1.12. The van der Waals surface area contributed by atoms with Gasteiger partial charge in [0.1, 0.15) is 0 Å². The average molecular weight is 180 g/mol. The van der Waals surface area contributed by atoms with Gasteiger partial charge in [-0.05, 0) is 0 Å². The molecule has 0 aromatic rings. The second-order valence-electron chi connectivity index (χ2n) is 1.72. The van der Waals surface area contributed by atoms with Crippen molar-refractivity contribution in [3.8, 4) is 0 Å². The Labute approximate surface area is 64.2 Å². The van der Waals surface area contributed by atoms with Crippen LogP contribution in [0.4, 0.5) is 0 Å². The van der Waals surface area contributed by atoms with Crippen molar-refractivity contribution < 1.29 is 23.2 Å². The molecule has 0 spiro atoms. The molecule has 64 valence electrons. The Bertz CT molecular complexity index is 213. The molecule has 0 aliphatic carbocycles. The summed E-state index contributed by atoms with van der Waals surface area (Å²) >= 11 is 0. The Kier molecular flexibility index (Phi) is 3.58. The molecule has 0 bridgehead atoms. The van der Waals surface area contributed by atoms with Crippen molar-refractivity contribution in [3.63, 3.8) is 0 Å². The molecule has 0 N–H and O–H groups in total. The van der Waals surface area contributed by atoms with Gasteiger partial charge in [-0.1, -0.05) is 0 Å². The molecule has 5 nitrogen and oxygen atoms in total. The lowest BCUT2D eigenvalue weighted by molar-refractivity contribution is -0.131. The summed E-state index contributed by atoms with van der Waals surface area (Å²) in [5, 5.41) is 0. The highest BCUT2D eigenvalue weighted by Gasteiger charge is 2.35. The number of carbonyl (C=O) groups excluding carboxylic acids is 2. The molecule has 0 amide bonds. The van der Waals surface area contributed by atoms with E-state index in [0.29, 0.717) is 0 Å². The van der Waals surface area contributed by atoms with Gasteiger partial charge >= 0.3 is 13.1 Å². The third-order valence-corrected chi connectivity index (χ3v) is 2.80. The number of hydrogen-bond acceptors (Lipinski definition) is 5. The Balaban J connectivity index is 4.66. The average Bonchev–Trinajstić information content (AvgIpc) is 2.01. The van der Waals surface area contributed by atoms with Gasteiger partial charge in [0, 0.05) is 21.1 Å². The fraction of sp³-hybridized carbons (Fsp3) is 0.600. The van der Waals surface area contributed by atoms with Crippen molar-refractivity contribution in [2.24, 2.45) is 0 Å². The predicted molar refractivity (Wildman–Crippen MR) is 37.3 cm³/mol. The first-order valence-corrected chi connectivity index (χ1v) is 4.29. The monoisotopic (exact) mass is 180 g/mol. The van der Waals surface area contributed by atoms with Gasteiger partial charge < -0.3 is 9.05 Å². The number of hydrogen-bond donors (Lipinski definition) is 0. The lowest BCUT2D eigenvalue weighted by atomic mass is 10.5. The Hall–Kier alpha value is -0.510. The highest BCUT2D eigenvalue weighted by Crippen LogP contribution is 2.47. The van der Waals surface area contributed by atoms with Crippen molar-refractivity contribution in [1.82, 2.24) is 0 Å². The van der Waals surface area contributed by atoms with Gasteiger partial charge in [-0.2, -0.15) is 0 Å². The molecule has 0 saturated heterocycles. The smallest absolute Gasteiger partial charge is 0.306 e. The lowest BCUT2D eigenvalue weighted by Gasteiger charge is -2.08. The molecule has 0 saturated carbocycles. The summed E-state index contributed by atoms with van der Waals surface area (Å²) in [6, 6.07) is 0. The summed E-state index contributed by atoms with van der Waals surface area (Å²) in [6.07, 6.45) is 0. The number of rotatable bonds is 4. The van der Waals surface area contributed by atoms with E-state index in [9.17, 15) is 14.2 Å². The van der Waals surface area contributed by atoms with Crippen LogP contribution in [-0.2, 0) is 23.2 Å². The minimum atomic E-state index is -3.82. The van der Waals surface area contributed by atoms with Gasteiger partial charge in [-0.25, -0.2) is 0 Å². The van der Waals surface area contributed by atoms with Crippen molar-refractivity contribution >= 4 is 18.9 Å². The van der Waals surface area contributed by atoms with Gasteiger partial charge in [0.05, 0.1) is 0 Å². The zero-order chi connectivity index (χ0) is 9.07. The SMILES string of the molecule is COP(=O)(OC)C(=O)C(C)=O. The van der Waals surface area contributed by atoms with Crippen LogP contribution in [0.15, 0.2) is 0 Å². The molecule has 0 unspecified atom stereocenters. The first-order valence-electron chi connectivity index (χ1n) is 2.75. The van der Waals surface area contributed by atoms with Crippen molar-refractivity contribution in [2.75, 3.05) is 14.2 Å². The molecule has 0 aliphatic heterocycles.